The fraction of sp³-hybridized carbons (Fsp3) is 0.529. The zero-order valence-corrected chi connectivity index (χ0v) is 12.6. The minimum atomic E-state index is -4.55. The molecule has 0 aliphatic carbocycles. The van der Waals surface area contributed by atoms with E-state index in [1.807, 2.05) is 37.3 Å². The van der Waals surface area contributed by atoms with Gasteiger partial charge in [0.2, 0.25) is 0 Å². The first-order valence-corrected chi connectivity index (χ1v) is 7.31. The summed E-state index contributed by atoms with van der Waals surface area (Å²) in [5, 5.41) is 9.98. The van der Waals surface area contributed by atoms with Crippen molar-refractivity contribution in [2.75, 3.05) is 6.61 Å². The third-order valence-electron chi connectivity index (χ3n) is 3.13. The summed E-state index contributed by atoms with van der Waals surface area (Å²) in [5.74, 6) is 2.51. The maximum Gasteiger partial charge on any atom is 0.457 e. The number of hydrogen-bond donors (Lipinski definition) is 1. The zero-order valence-electron chi connectivity index (χ0n) is 12.6. The van der Waals surface area contributed by atoms with Crippen molar-refractivity contribution >= 4 is 0 Å². The maximum absolute atomic E-state index is 12.2. The summed E-state index contributed by atoms with van der Waals surface area (Å²) in [5.41, 5.74) is 0.924. The Morgan fingerprint density at radius 2 is 1.91 bits per heavy atom. The standard InChI is InChI=1S/C17H21F3O2/c1-2-3-9-16(21)15(10-11-17(18,19)20)13-22-12-14-7-5-4-6-8-14/h4-8,15-16,21H,2-3,9,12-13H2,1H3. The molecule has 0 heterocycles. The Hall–Kier alpha value is -1.51. The highest BCUT2D eigenvalue weighted by atomic mass is 19.4. The first kappa shape index (κ1) is 18.5. The number of ether oxygens (including phenoxy) is 1. The van der Waals surface area contributed by atoms with Crippen molar-refractivity contribution in [3.63, 3.8) is 0 Å². The number of alkyl halides is 3. The molecule has 0 saturated carbocycles. The van der Waals surface area contributed by atoms with Crippen LogP contribution in [0.5, 0.6) is 0 Å². The predicted octanol–water partition coefficient (Wildman–Crippen LogP) is 3.94. The molecule has 2 atom stereocenters. The Morgan fingerprint density at radius 3 is 2.50 bits per heavy atom. The van der Waals surface area contributed by atoms with Gasteiger partial charge in [0.05, 0.1) is 25.2 Å². The topological polar surface area (TPSA) is 29.5 Å². The Morgan fingerprint density at radius 1 is 1.23 bits per heavy atom. The fourth-order valence-electron chi connectivity index (χ4n) is 1.92. The summed E-state index contributed by atoms with van der Waals surface area (Å²) in [6.07, 6.45) is -3.44. The molecule has 22 heavy (non-hydrogen) atoms. The van der Waals surface area contributed by atoms with Gasteiger partial charge >= 0.3 is 6.18 Å². The van der Waals surface area contributed by atoms with E-state index in [4.69, 9.17) is 4.74 Å². The van der Waals surface area contributed by atoms with Gasteiger partial charge in [-0.3, -0.25) is 0 Å². The van der Waals surface area contributed by atoms with Crippen molar-refractivity contribution in [3.8, 4) is 11.8 Å². The van der Waals surface area contributed by atoms with Gasteiger partial charge in [-0.1, -0.05) is 56.0 Å². The molecule has 0 radical (unpaired) electrons. The summed E-state index contributed by atoms with van der Waals surface area (Å²) in [6, 6.07) is 9.31. The fourth-order valence-corrected chi connectivity index (χ4v) is 1.92. The first-order chi connectivity index (χ1) is 10.4. The van der Waals surface area contributed by atoms with Crippen LogP contribution in [0.15, 0.2) is 30.3 Å². The highest BCUT2D eigenvalue weighted by Gasteiger charge is 2.25. The van der Waals surface area contributed by atoms with Crippen molar-refractivity contribution in [1.82, 2.24) is 0 Å². The van der Waals surface area contributed by atoms with Crippen LogP contribution in [0, 0.1) is 17.8 Å². The SMILES string of the molecule is CCCCC(O)C(C#CC(F)(F)F)COCc1ccccc1. The van der Waals surface area contributed by atoms with E-state index in [9.17, 15) is 18.3 Å². The van der Waals surface area contributed by atoms with E-state index in [1.54, 1.807) is 0 Å². The molecule has 0 fully saturated rings. The molecule has 1 aromatic rings. The summed E-state index contributed by atoms with van der Waals surface area (Å²) < 4.78 is 42.1. The number of benzene rings is 1. The van der Waals surface area contributed by atoms with Crippen LogP contribution < -0.4 is 0 Å². The predicted molar refractivity (Wildman–Crippen MR) is 79.0 cm³/mol. The van der Waals surface area contributed by atoms with Crippen LogP contribution in [0.3, 0.4) is 0 Å². The second kappa shape index (κ2) is 9.50. The van der Waals surface area contributed by atoms with Gasteiger partial charge in [0.15, 0.2) is 0 Å². The van der Waals surface area contributed by atoms with Crippen LogP contribution in [0.25, 0.3) is 0 Å². The van der Waals surface area contributed by atoms with Crippen LogP contribution >= 0.6 is 0 Å². The normalized spacial score (nSPS) is 14.0. The molecule has 1 N–H and O–H groups in total. The number of rotatable bonds is 8. The molecule has 0 amide bonds. The Bertz CT molecular complexity index is 474. The molecular weight excluding hydrogens is 293 g/mol. The average Bonchev–Trinajstić information content (AvgIpc) is 2.48. The highest BCUT2D eigenvalue weighted by Crippen LogP contribution is 2.16. The van der Waals surface area contributed by atoms with Gasteiger partial charge in [-0.15, -0.1) is 0 Å². The number of aliphatic hydroxyl groups is 1. The van der Waals surface area contributed by atoms with E-state index < -0.39 is 18.2 Å². The highest BCUT2D eigenvalue weighted by molar-refractivity contribution is 5.14. The average molecular weight is 314 g/mol. The van der Waals surface area contributed by atoms with Crippen LogP contribution in [-0.2, 0) is 11.3 Å². The van der Waals surface area contributed by atoms with Gasteiger partial charge in [0.1, 0.15) is 0 Å². The van der Waals surface area contributed by atoms with Gasteiger partial charge in [-0.05, 0) is 12.0 Å². The first-order valence-electron chi connectivity index (χ1n) is 7.31. The van der Waals surface area contributed by atoms with Crippen molar-refractivity contribution in [2.45, 2.75) is 45.1 Å². The molecule has 0 aliphatic heterocycles. The molecule has 1 rings (SSSR count). The molecule has 0 saturated heterocycles. The van der Waals surface area contributed by atoms with E-state index in [0.29, 0.717) is 6.42 Å². The molecule has 1 aromatic carbocycles. The van der Waals surface area contributed by atoms with E-state index in [1.165, 1.54) is 5.92 Å². The molecule has 122 valence electrons. The van der Waals surface area contributed by atoms with Gasteiger partial charge in [0, 0.05) is 5.92 Å². The van der Waals surface area contributed by atoms with Crippen LogP contribution in [0.1, 0.15) is 31.7 Å². The molecule has 0 spiro atoms. The molecule has 0 aromatic heterocycles. The third kappa shape index (κ3) is 8.06. The van der Waals surface area contributed by atoms with E-state index in [0.717, 1.165) is 18.4 Å². The lowest BCUT2D eigenvalue weighted by molar-refractivity contribution is -0.0700. The van der Waals surface area contributed by atoms with Crippen molar-refractivity contribution in [3.05, 3.63) is 35.9 Å². The van der Waals surface area contributed by atoms with Gasteiger partial charge in [0.25, 0.3) is 0 Å². The number of halogens is 3. The minimum absolute atomic E-state index is 0.0249. The molecule has 2 unspecified atom stereocenters. The lowest BCUT2D eigenvalue weighted by Gasteiger charge is -2.18. The number of aliphatic hydroxyl groups excluding tert-OH is 1. The molecule has 2 nitrogen and oxygen atoms in total. The van der Waals surface area contributed by atoms with Crippen molar-refractivity contribution in [1.29, 1.82) is 0 Å². The second-order valence-corrected chi connectivity index (χ2v) is 5.08. The summed E-state index contributed by atoms with van der Waals surface area (Å²) in [7, 11) is 0. The lowest BCUT2D eigenvalue weighted by atomic mass is 9.99. The lowest BCUT2D eigenvalue weighted by Crippen LogP contribution is -2.24. The molecule has 0 bridgehead atoms. The maximum atomic E-state index is 12.2. The van der Waals surface area contributed by atoms with Gasteiger partial charge in [-0.25, -0.2) is 0 Å². The molecule has 0 aliphatic rings. The quantitative estimate of drug-likeness (QED) is 0.737. The monoisotopic (exact) mass is 314 g/mol. The van der Waals surface area contributed by atoms with Gasteiger partial charge in [-0.2, -0.15) is 13.2 Å². The van der Waals surface area contributed by atoms with Crippen LogP contribution in [-0.4, -0.2) is 24.0 Å². The van der Waals surface area contributed by atoms with E-state index in [-0.39, 0.29) is 13.2 Å². The summed E-state index contributed by atoms with van der Waals surface area (Å²) in [4.78, 5) is 0. The van der Waals surface area contributed by atoms with Crippen LogP contribution in [0.4, 0.5) is 13.2 Å². The molecular formula is C17H21F3O2. The third-order valence-corrected chi connectivity index (χ3v) is 3.13. The Balaban J connectivity index is 2.58. The number of unbranched alkanes of at least 4 members (excludes halogenated alkanes) is 1. The molecule has 5 heteroatoms. The summed E-state index contributed by atoms with van der Waals surface area (Å²) >= 11 is 0. The number of hydrogen-bond acceptors (Lipinski definition) is 2. The second-order valence-electron chi connectivity index (χ2n) is 5.08. The Kier molecular flexibility index (Phi) is 8.00. The smallest absolute Gasteiger partial charge is 0.392 e. The van der Waals surface area contributed by atoms with E-state index >= 15 is 0 Å². The largest absolute Gasteiger partial charge is 0.457 e. The zero-order chi connectivity index (χ0) is 16.4. The van der Waals surface area contributed by atoms with E-state index in [2.05, 4.69) is 5.92 Å². The van der Waals surface area contributed by atoms with Crippen LogP contribution in [0.2, 0.25) is 0 Å². The minimum Gasteiger partial charge on any atom is -0.392 e. The Labute approximate surface area is 129 Å². The van der Waals surface area contributed by atoms with Crippen molar-refractivity contribution in [2.24, 2.45) is 5.92 Å². The van der Waals surface area contributed by atoms with Crippen molar-refractivity contribution < 1.29 is 23.0 Å². The van der Waals surface area contributed by atoms with Gasteiger partial charge < -0.3 is 9.84 Å². The summed E-state index contributed by atoms with van der Waals surface area (Å²) in [6.45, 7) is 2.21.